The van der Waals surface area contributed by atoms with Crippen molar-refractivity contribution in [3.63, 3.8) is 0 Å². The second kappa shape index (κ2) is 12.6. The van der Waals surface area contributed by atoms with Gasteiger partial charge in [-0.2, -0.15) is 15.2 Å². The minimum Gasteiger partial charge on any atom is -0.462 e. The number of hydrogen-bond donors (Lipinski definition) is 0. The third-order valence-electron chi connectivity index (χ3n) is 10.7. The number of nitrogens with zero attached hydrogens (tertiary/aromatic N) is 7. The fraction of sp³-hybridized carbons (Fsp3) is 0.667. The van der Waals surface area contributed by atoms with E-state index in [9.17, 15) is 10.1 Å². The van der Waals surface area contributed by atoms with Crippen LogP contribution in [-0.4, -0.2) is 89.4 Å². The van der Waals surface area contributed by atoms with E-state index in [4.69, 9.17) is 19.4 Å². The fourth-order valence-electron chi connectivity index (χ4n) is 8.53. The zero-order valence-corrected chi connectivity index (χ0v) is 28.0. The molecule has 10 heteroatoms. The SMILES string of the molecule is CN1CCC[C@H]1COc1nc2c(c(N3CC4CCC(C3)N4C(=O)OC(C)(C)C)n1)CCN(c1cccc3c1C(CC#N)CCC3)C2. The second-order valence-corrected chi connectivity index (χ2v) is 15.0. The summed E-state index contributed by atoms with van der Waals surface area (Å²) < 4.78 is 12.2. The van der Waals surface area contributed by atoms with Crippen molar-refractivity contribution in [1.82, 2.24) is 19.8 Å². The third kappa shape index (κ3) is 6.11. The summed E-state index contributed by atoms with van der Waals surface area (Å²) in [5.41, 5.74) is 5.72. The number of likely N-dealkylation sites (tertiary alicyclic amines) is 1. The molecule has 1 aliphatic carbocycles. The van der Waals surface area contributed by atoms with E-state index in [1.807, 2.05) is 25.7 Å². The first-order chi connectivity index (χ1) is 22.2. The van der Waals surface area contributed by atoms with Gasteiger partial charge in [0.05, 0.1) is 30.4 Å². The Balaban J connectivity index is 1.19. The highest BCUT2D eigenvalue weighted by Crippen LogP contribution is 2.42. The van der Waals surface area contributed by atoms with Gasteiger partial charge in [-0.15, -0.1) is 0 Å². The lowest BCUT2D eigenvalue weighted by Gasteiger charge is -2.43. The first-order valence-electron chi connectivity index (χ1n) is 17.4. The molecule has 4 atom stereocenters. The number of likely N-dealkylation sites (N-methyl/N-ethyl adjacent to an activating group) is 1. The van der Waals surface area contributed by atoms with E-state index in [0.29, 0.717) is 31.6 Å². The number of rotatable bonds is 6. The number of carbonyl (C=O) groups is 1. The summed E-state index contributed by atoms with van der Waals surface area (Å²) in [6, 6.07) is 10.1. The molecular formula is C36H49N7O3. The highest BCUT2D eigenvalue weighted by atomic mass is 16.6. The maximum absolute atomic E-state index is 13.2. The number of aromatic nitrogens is 2. The number of carbonyl (C=O) groups excluding carboxylic acids is 1. The summed E-state index contributed by atoms with van der Waals surface area (Å²) in [7, 11) is 2.16. The molecule has 0 saturated carbocycles. The van der Waals surface area contributed by atoms with Gasteiger partial charge in [0.1, 0.15) is 18.0 Å². The molecule has 2 aromatic rings. The summed E-state index contributed by atoms with van der Waals surface area (Å²) in [4.78, 5) is 32.6. The second-order valence-electron chi connectivity index (χ2n) is 15.0. The summed E-state index contributed by atoms with van der Waals surface area (Å²) in [6.45, 7) is 10.5. The molecule has 0 spiro atoms. The number of benzene rings is 1. The number of fused-ring (bicyclic) bond motifs is 4. The predicted octanol–water partition coefficient (Wildman–Crippen LogP) is 5.43. The Hall–Kier alpha value is -3.58. The van der Waals surface area contributed by atoms with Crippen LogP contribution in [0.1, 0.15) is 94.0 Å². The van der Waals surface area contributed by atoms with Crippen LogP contribution >= 0.6 is 0 Å². The predicted molar refractivity (Wildman–Crippen MR) is 177 cm³/mol. The molecule has 3 fully saturated rings. The number of aryl methyl sites for hydroxylation is 1. The Kier molecular flexibility index (Phi) is 8.47. The van der Waals surface area contributed by atoms with Crippen LogP contribution in [0.4, 0.5) is 16.3 Å². The maximum atomic E-state index is 13.2. The molecule has 1 amide bonds. The Morgan fingerprint density at radius 2 is 1.83 bits per heavy atom. The number of piperazine rings is 1. The zero-order valence-electron chi connectivity index (χ0n) is 28.0. The highest BCUT2D eigenvalue weighted by Gasteiger charge is 2.45. The van der Waals surface area contributed by atoms with Crippen LogP contribution in [0, 0.1) is 11.3 Å². The molecule has 0 N–H and O–H groups in total. The summed E-state index contributed by atoms with van der Waals surface area (Å²) in [5, 5.41) is 9.61. The van der Waals surface area contributed by atoms with Crippen molar-refractivity contribution in [2.75, 3.05) is 49.6 Å². The fourth-order valence-corrected chi connectivity index (χ4v) is 8.53. The number of nitriles is 1. The van der Waals surface area contributed by atoms with Gasteiger partial charge >= 0.3 is 12.1 Å². The summed E-state index contributed by atoms with van der Waals surface area (Å²) >= 11 is 0. The van der Waals surface area contributed by atoms with Crippen LogP contribution in [0.3, 0.4) is 0 Å². The molecule has 246 valence electrons. The monoisotopic (exact) mass is 627 g/mol. The Morgan fingerprint density at radius 3 is 2.54 bits per heavy atom. The highest BCUT2D eigenvalue weighted by molar-refractivity contribution is 5.70. The molecule has 4 aliphatic heterocycles. The van der Waals surface area contributed by atoms with E-state index in [1.54, 1.807) is 0 Å². The van der Waals surface area contributed by atoms with Crippen LogP contribution < -0.4 is 14.5 Å². The van der Waals surface area contributed by atoms with Gasteiger partial charge in [0.15, 0.2) is 0 Å². The van der Waals surface area contributed by atoms with Crippen molar-refractivity contribution in [1.29, 1.82) is 5.26 Å². The molecule has 10 nitrogen and oxygen atoms in total. The van der Waals surface area contributed by atoms with Crippen molar-refractivity contribution in [2.24, 2.45) is 0 Å². The molecule has 3 saturated heterocycles. The minimum atomic E-state index is -0.516. The molecular weight excluding hydrogens is 578 g/mol. The number of hydrogen-bond acceptors (Lipinski definition) is 9. The quantitative estimate of drug-likeness (QED) is 0.415. The average Bonchev–Trinajstić information content (AvgIpc) is 3.56. The Bertz CT molecular complexity index is 1490. The van der Waals surface area contributed by atoms with Crippen molar-refractivity contribution < 1.29 is 14.3 Å². The number of amides is 1. The van der Waals surface area contributed by atoms with Crippen molar-refractivity contribution in [2.45, 2.75) is 115 Å². The number of anilines is 2. The van der Waals surface area contributed by atoms with Gasteiger partial charge < -0.3 is 24.2 Å². The molecule has 1 aromatic heterocycles. The van der Waals surface area contributed by atoms with Gasteiger partial charge in [0.25, 0.3) is 0 Å². The molecule has 5 aliphatic rings. The lowest BCUT2D eigenvalue weighted by molar-refractivity contribution is 0.0122. The van der Waals surface area contributed by atoms with E-state index < -0.39 is 5.60 Å². The van der Waals surface area contributed by atoms with Crippen LogP contribution in [0.25, 0.3) is 0 Å². The molecule has 1 aromatic carbocycles. The largest absolute Gasteiger partial charge is 0.462 e. The summed E-state index contributed by atoms with van der Waals surface area (Å²) in [5.74, 6) is 1.25. The van der Waals surface area contributed by atoms with Crippen LogP contribution in [0.5, 0.6) is 6.01 Å². The van der Waals surface area contributed by atoms with Gasteiger partial charge in [-0.05, 0) is 109 Å². The van der Waals surface area contributed by atoms with Gasteiger partial charge in [0, 0.05) is 43.3 Å². The molecule has 46 heavy (non-hydrogen) atoms. The normalized spacial score (nSPS) is 26.0. The first-order valence-corrected chi connectivity index (χ1v) is 17.4. The number of ether oxygens (including phenoxy) is 2. The molecule has 2 bridgehead atoms. The first kappa shape index (κ1) is 31.0. The Morgan fingerprint density at radius 1 is 1.02 bits per heavy atom. The Labute approximate surface area is 273 Å². The minimum absolute atomic E-state index is 0.101. The van der Waals surface area contributed by atoms with Gasteiger partial charge in [-0.1, -0.05) is 12.1 Å². The standard InChI is InChI=1S/C36H49N7O3/c1-36(2,3)46-35(44)43-26-13-14-27(43)21-42(20-26)33-29-16-19-41(31-12-6-10-24-8-5-9-25(15-17-37)32(24)31)22-30(29)38-34(39-33)45-23-28-11-7-18-40(28)4/h6,10,12,25-28H,5,7-9,11,13-16,18-23H2,1-4H3/t25?,26?,27?,28-/m0/s1. The molecule has 5 heterocycles. The molecule has 3 unspecified atom stereocenters. The average molecular weight is 628 g/mol. The van der Waals surface area contributed by atoms with Gasteiger partial charge in [-0.3, -0.25) is 4.90 Å². The van der Waals surface area contributed by atoms with Gasteiger partial charge in [0.2, 0.25) is 0 Å². The van der Waals surface area contributed by atoms with E-state index in [-0.39, 0.29) is 24.1 Å². The van der Waals surface area contributed by atoms with E-state index in [2.05, 4.69) is 46.0 Å². The van der Waals surface area contributed by atoms with Crippen LogP contribution in [0.15, 0.2) is 18.2 Å². The van der Waals surface area contributed by atoms with Crippen LogP contribution in [0.2, 0.25) is 0 Å². The van der Waals surface area contributed by atoms with Crippen LogP contribution in [-0.2, 0) is 24.1 Å². The lowest BCUT2D eigenvalue weighted by Crippen LogP contribution is -2.57. The summed E-state index contributed by atoms with van der Waals surface area (Å²) in [6.07, 6.45) is 8.75. The van der Waals surface area contributed by atoms with E-state index in [0.717, 1.165) is 82.6 Å². The van der Waals surface area contributed by atoms with Crippen molar-refractivity contribution in [3.05, 3.63) is 40.6 Å². The smallest absolute Gasteiger partial charge is 0.410 e. The maximum Gasteiger partial charge on any atom is 0.410 e. The molecule has 0 radical (unpaired) electrons. The zero-order chi connectivity index (χ0) is 32.0. The van der Waals surface area contributed by atoms with Crippen molar-refractivity contribution >= 4 is 17.6 Å². The van der Waals surface area contributed by atoms with Gasteiger partial charge in [-0.25, -0.2) is 4.79 Å². The lowest BCUT2D eigenvalue weighted by atomic mass is 9.80. The molecule has 7 rings (SSSR count). The van der Waals surface area contributed by atoms with E-state index >= 15 is 0 Å². The topological polar surface area (TPSA) is 98.1 Å². The van der Waals surface area contributed by atoms with E-state index in [1.165, 1.54) is 28.8 Å². The van der Waals surface area contributed by atoms with Crippen molar-refractivity contribution in [3.8, 4) is 12.1 Å². The third-order valence-corrected chi connectivity index (χ3v) is 10.7.